The van der Waals surface area contributed by atoms with E-state index < -0.39 is 16.8 Å². The molecule has 0 radical (unpaired) electrons. The number of allylic oxidation sites excluding steroid dienone is 3. The van der Waals surface area contributed by atoms with Gasteiger partial charge in [-0.05, 0) is 51.4 Å². The van der Waals surface area contributed by atoms with E-state index in [2.05, 4.69) is 21.2 Å². The summed E-state index contributed by atoms with van der Waals surface area (Å²) in [6, 6.07) is 9.78. The van der Waals surface area contributed by atoms with Crippen LogP contribution in [0.1, 0.15) is 50.4 Å². The van der Waals surface area contributed by atoms with Gasteiger partial charge in [-0.1, -0.05) is 18.6 Å². The average molecular weight is 525 g/mol. The number of hydrogen-bond acceptors (Lipinski definition) is 8. The van der Waals surface area contributed by atoms with E-state index in [9.17, 15) is 20.0 Å². The molecule has 4 rings (SSSR count). The van der Waals surface area contributed by atoms with Crippen molar-refractivity contribution in [3.8, 4) is 5.75 Å². The topological polar surface area (TPSA) is 121 Å². The van der Waals surface area contributed by atoms with Crippen LogP contribution in [0.15, 0.2) is 63.7 Å². The standard InChI is InChI=1S/C28H36N4O6/c1-19-25(28(33)34)26(27(32(35)36)20(2)29-19)21-12-18-38-23(21)10-5-4-8-13-30-14-16-31(17-15-30)22-9-6-7-11-24(22)37-3/h6-7,9,11-12,18,26,29H,4-5,8,10,13-17H2,1-3H3,(H,33,34). The van der Waals surface area contributed by atoms with Crippen molar-refractivity contribution in [2.45, 2.75) is 45.4 Å². The first-order chi connectivity index (χ1) is 18.3. The summed E-state index contributed by atoms with van der Waals surface area (Å²) < 4.78 is 11.2. The molecule has 1 atom stereocenters. The van der Waals surface area contributed by atoms with Crippen LogP contribution >= 0.6 is 0 Å². The van der Waals surface area contributed by atoms with Crippen molar-refractivity contribution < 1.29 is 24.0 Å². The second kappa shape index (κ2) is 12.2. The highest BCUT2D eigenvalue weighted by Gasteiger charge is 2.42. The number of aryl methyl sites for hydroxylation is 1. The Morgan fingerprint density at radius 1 is 1.13 bits per heavy atom. The summed E-state index contributed by atoms with van der Waals surface area (Å²) in [5.74, 6) is -0.636. The van der Waals surface area contributed by atoms with Gasteiger partial charge in [0.25, 0.3) is 5.70 Å². The molecule has 1 aromatic heterocycles. The van der Waals surface area contributed by atoms with Gasteiger partial charge in [-0.2, -0.15) is 0 Å². The molecular formula is C28H36N4O6. The molecule has 10 nitrogen and oxygen atoms in total. The smallest absolute Gasteiger partial charge is 0.334 e. The third-order valence-corrected chi connectivity index (χ3v) is 7.42. The maximum Gasteiger partial charge on any atom is 0.334 e. The molecule has 2 N–H and O–H groups in total. The largest absolute Gasteiger partial charge is 0.495 e. The number of nitro groups is 1. The number of furan rings is 1. The van der Waals surface area contributed by atoms with E-state index in [-0.39, 0.29) is 11.3 Å². The van der Waals surface area contributed by atoms with Crippen LogP contribution in [0.4, 0.5) is 5.69 Å². The highest BCUT2D eigenvalue weighted by Crippen LogP contribution is 2.40. The molecule has 2 aliphatic rings. The molecule has 1 unspecified atom stereocenters. The maximum atomic E-state index is 12.1. The van der Waals surface area contributed by atoms with Gasteiger partial charge in [-0.25, -0.2) is 4.79 Å². The summed E-state index contributed by atoms with van der Waals surface area (Å²) in [5, 5.41) is 24.6. The quantitative estimate of drug-likeness (QED) is 0.251. The zero-order valence-electron chi connectivity index (χ0n) is 22.2. The number of rotatable bonds is 11. The minimum atomic E-state index is -1.18. The first kappa shape index (κ1) is 27.3. The van der Waals surface area contributed by atoms with Crippen LogP contribution in [0.3, 0.4) is 0 Å². The van der Waals surface area contributed by atoms with Crippen LogP contribution in [-0.4, -0.2) is 60.7 Å². The predicted molar refractivity (Wildman–Crippen MR) is 144 cm³/mol. The summed E-state index contributed by atoms with van der Waals surface area (Å²) in [5.41, 5.74) is 2.28. The molecule has 1 aromatic carbocycles. The van der Waals surface area contributed by atoms with Crippen LogP contribution in [0.2, 0.25) is 0 Å². The third kappa shape index (κ3) is 5.85. The highest BCUT2D eigenvalue weighted by molar-refractivity contribution is 5.90. The first-order valence-electron chi connectivity index (χ1n) is 13.0. The summed E-state index contributed by atoms with van der Waals surface area (Å²) in [6.07, 6.45) is 4.97. The maximum absolute atomic E-state index is 12.1. The van der Waals surface area contributed by atoms with Crippen molar-refractivity contribution in [1.82, 2.24) is 10.2 Å². The molecule has 2 aromatic rings. The lowest BCUT2D eigenvalue weighted by molar-refractivity contribution is -0.431. The van der Waals surface area contributed by atoms with Crippen molar-refractivity contribution in [1.29, 1.82) is 0 Å². The number of nitrogens with zero attached hydrogens (tertiary/aromatic N) is 3. The van der Waals surface area contributed by atoms with Crippen LogP contribution in [-0.2, 0) is 11.2 Å². The Balaban J connectivity index is 1.30. The van der Waals surface area contributed by atoms with Crippen LogP contribution in [0.25, 0.3) is 0 Å². The molecule has 3 heterocycles. The number of carboxylic acids is 1. The first-order valence-corrected chi connectivity index (χ1v) is 13.0. The SMILES string of the molecule is COc1ccccc1N1CCN(CCCCCc2occc2C2C(C(=O)O)=C(C)NC(C)=C2[N+](=O)[O-])CC1. The summed E-state index contributed by atoms with van der Waals surface area (Å²) in [6.45, 7) is 8.14. The number of anilines is 1. The molecule has 0 amide bonds. The molecule has 1 saturated heterocycles. The van der Waals surface area contributed by atoms with Crippen LogP contribution in [0.5, 0.6) is 5.75 Å². The lowest BCUT2D eigenvalue weighted by atomic mass is 9.83. The Labute approximate surface area is 222 Å². The second-order valence-corrected chi connectivity index (χ2v) is 9.78. The number of dihydropyridines is 1. The van der Waals surface area contributed by atoms with Crippen LogP contribution in [0, 0.1) is 10.1 Å². The van der Waals surface area contributed by atoms with E-state index in [0.29, 0.717) is 29.1 Å². The molecule has 204 valence electrons. The van der Waals surface area contributed by atoms with Gasteiger partial charge in [0.05, 0.1) is 35.3 Å². The summed E-state index contributed by atoms with van der Waals surface area (Å²) in [7, 11) is 1.70. The van der Waals surface area contributed by atoms with Gasteiger partial charge in [-0.3, -0.25) is 15.0 Å². The summed E-state index contributed by atoms with van der Waals surface area (Å²) >= 11 is 0. The number of carbonyl (C=O) groups is 1. The van der Waals surface area contributed by atoms with Gasteiger partial charge in [0.2, 0.25) is 0 Å². The molecule has 10 heteroatoms. The van der Waals surface area contributed by atoms with Crippen molar-refractivity contribution in [3.05, 3.63) is 80.7 Å². The number of aliphatic carboxylic acids is 1. The fourth-order valence-electron chi connectivity index (χ4n) is 5.52. The number of ether oxygens (including phenoxy) is 1. The third-order valence-electron chi connectivity index (χ3n) is 7.42. The summed E-state index contributed by atoms with van der Waals surface area (Å²) in [4.78, 5) is 28.3. The van der Waals surface area contributed by atoms with Gasteiger partial charge in [0, 0.05) is 43.9 Å². The van der Waals surface area contributed by atoms with Gasteiger partial charge in [0.15, 0.2) is 0 Å². The number of piperazine rings is 1. The minimum absolute atomic E-state index is 0.0165. The van der Waals surface area contributed by atoms with E-state index in [0.717, 1.165) is 63.4 Å². The number of hydrogen-bond donors (Lipinski definition) is 2. The molecule has 1 fully saturated rings. The zero-order valence-corrected chi connectivity index (χ0v) is 22.2. The Kier molecular flexibility index (Phi) is 8.73. The molecule has 0 saturated carbocycles. The van der Waals surface area contributed by atoms with E-state index in [4.69, 9.17) is 9.15 Å². The average Bonchev–Trinajstić information content (AvgIpc) is 3.36. The molecule has 38 heavy (non-hydrogen) atoms. The van der Waals surface area contributed by atoms with Gasteiger partial charge in [-0.15, -0.1) is 0 Å². The fraction of sp³-hybridized carbons (Fsp3) is 0.464. The Morgan fingerprint density at radius 3 is 2.55 bits per heavy atom. The van der Waals surface area contributed by atoms with Gasteiger partial charge >= 0.3 is 5.97 Å². The monoisotopic (exact) mass is 524 g/mol. The number of para-hydroxylation sites is 2. The predicted octanol–water partition coefficient (Wildman–Crippen LogP) is 4.38. The second-order valence-electron chi connectivity index (χ2n) is 9.78. The van der Waals surface area contributed by atoms with Crippen molar-refractivity contribution in [2.75, 3.05) is 44.7 Å². The number of methoxy groups -OCH3 is 1. The number of benzene rings is 1. The van der Waals surface area contributed by atoms with Gasteiger partial charge in [0.1, 0.15) is 17.4 Å². The highest BCUT2D eigenvalue weighted by atomic mass is 16.6. The molecular weight excluding hydrogens is 488 g/mol. The lowest BCUT2D eigenvalue weighted by Gasteiger charge is -2.36. The number of nitrogens with one attached hydrogen (secondary N) is 1. The number of unbranched alkanes of at least 4 members (excludes halogenated alkanes) is 2. The molecule has 0 aliphatic carbocycles. The molecule has 0 spiro atoms. The Morgan fingerprint density at radius 2 is 1.87 bits per heavy atom. The van der Waals surface area contributed by atoms with Crippen molar-refractivity contribution in [3.63, 3.8) is 0 Å². The van der Waals surface area contributed by atoms with E-state index in [1.54, 1.807) is 27.0 Å². The Bertz CT molecular complexity index is 1190. The fourth-order valence-corrected chi connectivity index (χ4v) is 5.52. The lowest BCUT2D eigenvalue weighted by Crippen LogP contribution is -2.46. The van der Waals surface area contributed by atoms with Gasteiger partial charge < -0.3 is 24.5 Å². The Hall–Kier alpha value is -3.79. The van der Waals surface area contributed by atoms with E-state index >= 15 is 0 Å². The number of carboxylic acid groups (broad SMARTS) is 1. The zero-order chi connectivity index (χ0) is 27.2. The van der Waals surface area contributed by atoms with Crippen molar-refractivity contribution in [2.24, 2.45) is 0 Å². The minimum Gasteiger partial charge on any atom is -0.495 e. The van der Waals surface area contributed by atoms with E-state index in [1.807, 2.05) is 18.2 Å². The molecule has 0 bridgehead atoms. The molecule has 2 aliphatic heterocycles. The normalized spacial score (nSPS) is 18.5. The van der Waals surface area contributed by atoms with E-state index in [1.165, 1.54) is 6.26 Å². The van der Waals surface area contributed by atoms with Crippen molar-refractivity contribution >= 4 is 11.7 Å². The van der Waals surface area contributed by atoms with Crippen LogP contribution < -0.4 is 15.0 Å².